The third kappa shape index (κ3) is 3.88. The molecule has 3 aromatic carbocycles. The second kappa shape index (κ2) is 8.14. The maximum atomic E-state index is 12.6. The molecular weight excluding hydrogens is 350 g/mol. The lowest BCUT2D eigenvalue weighted by Crippen LogP contribution is -2.10. The Morgan fingerprint density at radius 3 is 2.43 bits per heavy atom. The fourth-order valence-electron chi connectivity index (χ4n) is 2.76. The number of ether oxygens (including phenoxy) is 1. The molecule has 0 saturated carbocycles. The van der Waals surface area contributed by atoms with E-state index in [0.717, 1.165) is 11.1 Å². The molecule has 0 aliphatic heterocycles. The zero-order chi connectivity index (χ0) is 19.2. The molecule has 136 valence electrons. The number of rotatable bonds is 5. The van der Waals surface area contributed by atoms with Gasteiger partial charge in [0.2, 0.25) is 0 Å². The van der Waals surface area contributed by atoms with E-state index in [1.807, 2.05) is 60.7 Å². The SMILES string of the molecule is O=C(Oc1c(C=NNc2ccccc2)ccc2cccnc12)c1ccccc1. The van der Waals surface area contributed by atoms with Crippen LogP contribution in [0.1, 0.15) is 15.9 Å². The number of fused-ring (bicyclic) bond motifs is 1. The zero-order valence-electron chi connectivity index (χ0n) is 14.9. The van der Waals surface area contributed by atoms with E-state index in [2.05, 4.69) is 15.5 Å². The molecular formula is C23H17N3O2. The van der Waals surface area contributed by atoms with Crippen LogP contribution in [0.2, 0.25) is 0 Å². The van der Waals surface area contributed by atoms with Crippen LogP contribution < -0.4 is 10.2 Å². The molecule has 0 spiro atoms. The van der Waals surface area contributed by atoms with Gasteiger partial charge in [-0.1, -0.05) is 48.5 Å². The third-order valence-electron chi connectivity index (χ3n) is 4.13. The highest BCUT2D eigenvalue weighted by Gasteiger charge is 2.15. The number of esters is 1. The van der Waals surface area contributed by atoms with Crippen LogP contribution in [-0.4, -0.2) is 17.2 Å². The number of carbonyl (C=O) groups excluding carboxylic acids is 1. The van der Waals surface area contributed by atoms with Gasteiger partial charge in [-0.2, -0.15) is 5.10 Å². The minimum Gasteiger partial charge on any atom is -0.420 e. The Morgan fingerprint density at radius 1 is 0.893 bits per heavy atom. The first-order valence-corrected chi connectivity index (χ1v) is 8.80. The van der Waals surface area contributed by atoms with Gasteiger partial charge in [-0.15, -0.1) is 0 Å². The summed E-state index contributed by atoms with van der Waals surface area (Å²) < 4.78 is 5.73. The van der Waals surface area contributed by atoms with Crippen molar-refractivity contribution in [2.75, 3.05) is 5.43 Å². The largest absolute Gasteiger partial charge is 0.420 e. The highest BCUT2D eigenvalue weighted by atomic mass is 16.5. The van der Waals surface area contributed by atoms with E-state index in [9.17, 15) is 4.79 Å². The van der Waals surface area contributed by atoms with Crippen LogP contribution in [0.5, 0.6) is 5.75 Å². The Bertz CT molecular complexity index is 1130. The normalized spacial score (nSPS) is 10.9. The predicted octanol–water partition coefficient (Wildman–Crippen LogP) is 4.90. The minimum atomic E-state index is -0.440. The quantitative estimate of drug-likeness (QED) is 0.236. The Kier molecular flexibility index (Phi) is 5.06. The molecule has 0 aliphatic rings. The number of aromatic nitrogens is 1. The van der Waals surface area contributed by atoms with E-state index in [0.29, 0.717) is 22.4 Å². The lowest BCUT2D eigenvalue weighted by Gasteiger charge is -2.10. The van der Waals surface area contributed by atoms with Crippen LogP contribution in [0.3, 0.4) is 0 Å². The van der Waals surface area contributed by atoms with E-state index >= 15 is 0 Å². The number of hydrogen-bond donors (Lipinski definition) is 1. The van der Waals surface area contributed by atoms with Crippen molar-refractivity contribution in [2.24, 2.45) is 5.10 Å². The smallest absolute Gasteiger partial charge is 0.343 e. The molecule has 0 amide bonds. The number of anilines is 1. The van der Waals surface area contributed by atoms with Crippen molar-refractivity contribution in [3.8, 4) is 5.75 Å². The highest BCUT2D eigenvalue weighted by molar-refractivity contribution is 5.99. The molecule has 5 nitrogen and oxygen atoms in total. The summed E-state index contributed by atoms with van der Waals surface area (Å²) in [4.78, 5) is 17.0. The number of nitrogens with zero attached hydrogens (tertiary/aromatic N) is 2. The standard InChI is InChI=1S/C23H17N3O2/c27-23(18-8-3-1-4-9-18)28-22-19(14-13-17-10-7-15-24-21(17)22)16-25-26-20-11-5-2-6-12-20/h1-16,26H. The number of para-hydroxylation sites is 1. The van der Waals surface area contributed by atoms with Crippen LogP contribution in [0.4, 0.5) is 5.69 Å². The lowest BCUT2D eigenvalue weighted by molar-refractivity contribution is 0.0736. The Morgan fingerprint density at radius 2 is 1.64 bits per heavy atom. The van der Waals surface area contributed by atoms with E-state index in [-0.39, 0.29) is 0 Å². The molecule has 5 heteroatoms. The first kappa shape index (κ1) is 17.4. The molecule has 4 aromatic rings. The predicted molar refractivity (Wildman–Crippen MR) is 111 cm³/mol. The molecule has 28 heavy (non-hydrogen) atoms. The molecule has 0 unspecified atom stereocenters. The molecule has 4 rings (SSSR count). The van der Waals surface area contributed by atoms with Gasteiger partial charge in [0.25, 0.3) is 0 Å². The van der Waals surface area contributed by atoms with Gasteiger partial charge in [0.15, 0.2) is 5.75 Å². The molecule has 1 N–H and O–H groups in total. The Balaban J connectivity index is 1.68. The fraction of sp³-hybridized carbons (Fsp3) is 0. The molecule has 0 radical (unpaired) electrons. The first-order chi connectivity index (χ1) is 13.8. The zero-order valence-corrected chi connectivity index (χ0v) is 14.9. The maximum Gasteiger partial charge on any atom is 0.343 e. The van der Waals surface area contributed by atoms with Gasteiger partial charge < -0.3 is 4.74 Å². The van der Waals surface area contributed by atoms with Crippen LogP contribution in [0.15, 0.2) is 96.2 Å². The van der Waals surface area contributed by atoms with Crippen LogP contribution in [-0.2, 0) is 0 Å². The summed E-state index contributed by atoms with van der Waals surface area (Å²) in [5, 5.41) is 5.15. The van der Waals surface area contributed by atoms with Crippen LogP contribution in [0.25, 0.3) is 10.9 Å². The number of nitrogens with one attached hydrogen (secondary N) is 1. The average molecular weight is 367 g/mol. The van der Waals surface area contributed by atoms with Crippen molar-refractivity contribution in [1.29, 1.82) is 0 Å². The van der Waals surface area contributed by atoms with Crippen molar-refractivity contribution in [1.82, 2.24) is 4.98 Å². The van der Waals surface area contributed by atoms with E-state index in [4.69, 9.17) is 4.74 Å². The van der Waals surface area contributed by atoms with Crippen molar-refractivity contribution in [3.05, 3.63) is 102 Å². The van der Waals surface area contributed by atoms with Crippen LogP contribution >= 0.6 is 0 Å². The molecule has 0 atom stereocenters. The molecule has 0 saturated heterocycles. The Labute approximate surface area is 162 Å². The Hall–Kier alpha value is -3.99. The number of pyridine rings is 1. The van der Waals surface area contributed by atoms with Gasteiger partial charge in [0.05, 0.1) is 17.5 Å². The minimum absolute atomic E-state index is 0.380. The van der Waals surface area contributed by atoms with Gasteiger partial charge in [0.1, 0.15) is 5.52 Å². The van der Waals surface area contributed by atoms with Gasteiger partial charge in [-0.05, 0) is 36.4 Å². The second-order valence-electron chi connectivity index (χ2n) is 6.05. The van der Waals surface area contributed by atoms with Gasteiger partial charge >= 0.3 is 5.97 Å². The number of hydrazone groups is 1. The van der Waals surface area contributed by atoms with Gasteiger partial charge in [0, 0.05) is 17.1 Å². The monoisotopic (exact) mass is 367 g/mol. The summed E-state index contributed by atoms with van der Waals surface area (Å²) in [6, 6.07) is 26.0. The van der Waals surface area contributed by atoms with Crippen molar-refractivity contribution >= 4 is 28.8 Å². The number of benzene rings is 3. The summed E-state index contributed by atoms with van der Waals surface area (Å²) in [5.74, 6) is -0.0602. The summed E-state index contributed by atoms with van der Waals surface area (Å²) in [6.07, 6.45) is 3.29. The molecule has 0 fully saturated rings. The van der Waals surface area contributed by atoms with Crippen LogP contribution in [0, 0.1) is 0 Å². The average Bonchev–Trinajstić information content (AvgIpc) is 2.76. The first-order valence-electron chi connectivity index (χ1n) is 8.80. The van der Waals surface area contributed by atoms with E-state index in [1.54, 1.807) is 36.7 Å². The van der Waals surface area contributed by atoms with Crippen molar-refractivity contribution in [3.63, 3.8) is 0 Å². The van der Waals surface area contributed by atoms with Gasteiger partial charge in [-0.3, -0.25) is 10.4 Å². The molecule has 0 bridgehead atoms. The number of carbonyl (C=O) groups is 1. The highest BCUT2D eigenvalue weighted by Crippen LogP contribution is 2.28. The summed E-state index contributed by atoms with van der Waals surface area (Å²) in [6.45, 7) is 0. The lowest BCUT2D eigenvalue weighted by atomic mass is 10.1. The summed E-state index contributed by atoms with van der Waals surface area (Å²) in [5.41, 5.74) is 5.56. The summed E-state index contributed by atoms with van der Waals surface area (Å²) >= 11 is 0. The fourth-order valence-corrected chi connectivity index (χ4v) is 2.76. The number of hydrogen-bond acceptors (Lipinski definition) is 5. The maximum absolute atomic E-state index is 12.6. The van der Waals surface area contributed by atoms with Gasteiger partial charge in [-0.25, -0.2) is 4.79 Å². The molecule has 1 aromatic heterocycles. The second-order valence-corrected chi connectivity index (χ2v) is 6.05. The summed E-state index contributed by atoms with van der Waals surface area (Å²) in [7, 11) is 0. The van der Waals surface area contributed by atoms with Crippen molar-refractivity contribution in [2.45, 2.75) is 0 Å². The van der Waals surface area contributed by atoms with Crippen molar-refractivity contribution < 1.29 is 9.53 Å². The van der Waals surface area contributed by atoms with E-state index in [1.165, 1.54) is 0 Å². The molecule has 0 aliphatic carbocycles. The third-order valence-corrected chi connectivity index (χ3v) is 4.13. The topological polar surface area (TPSA) is 63.6 Å². The molecule has 1 heterocycles. The van der Waals surface area contributed by atoms with E-state index < -0.39 is 5.97 Å².